The molecule has 0 aliphatic carbocycles. The van der Waals surface area contributed by atoms with Crippen molar-refractivity contribution in [3.63, 3.8) is 0 Å². The van der Waals surface area contributed by atoms with E-state index in [-0.39, 0.29) is 18.4 Å². The molecule has 1 aromatic carbocycles. The van der Waals surface area contributed by atoms with Gasteiger partial charge in [0.05, 0.1) is 6.61 Å². The molecule has 92 valence electrons. The molecule has 0 spiro atoms. The first-order chi connectivity index (χ1) is 8.09. The second kappa shape index (κ2) is 6.65. The Bertz CT molecular complexity index is 379. The fourth-order valence-electron chi connectivity index (χ4n) is 1.13. The van der Waals surface area contributed by atoms with Gasteiger partial charge in [0, 0.05) is 14.0 Å². The lowest BCUT2D eigenvalue weighted by molar-refractivity contribution is -0.140. The highest BCUT2D eigenvalue weighted by atomic mass is 16.6. The Kier molecular flexibility index (Phi) is 5.16. The molecule has 0 unspecified atom stereocenters. The molecule has 1 N–H and O–H groups in total. The van der Waals surface area contributed by atoms with Crippen LogP contribution in [0.3, 0.4) is 0 Å². The molecule has 0 atom stereocenters. The number of benzene rings is 1. The van der Waals surface area contributed by atoms with Crippen LogP contribution in [0, 0.1) is 0 Å². The lowest BCUT2D eigenvalue weighted by Gasteiger charge is -2.14. The van der Waals surface area contributed by atoms with Crippen LogP contribution >= 0.6 is 0 Å². The van der Waals surface area contributed by atoms with E-state index in [4.69, 9.17) is 4.84 Å². The molecule has 0 fully saturated rings. The van der Waals surface area contributed by atoms with Gasteiger partial charge in [0.15, 0.2) is 0 Å². The summed E-state index contributed by atoms with van der Waals surface area (Å²) in [4.78, 5) is 28.5. The average molecular weight is 236 g/mol. The predicted molar refractivity (Wildman–Crippen MR) is 62.7 cm³/mol. The van der Waals surface area contributed by atoms with Crippen LogP contribution in [-0.4, -0.2) is 30.3 Å². The van der Waals surface area contributed by atoms with Crippen molar-refractivity contribution in [2.45, 2.75) is 13.5 Å². The van der Waals surface area contributed by atoms with Gasteiger partial charge in [0.2, 0.25) is 5.91 Å². The highest BCUT2D eigenvalue weighted by molar-refractivity contribution is 5.82. The zero-order chi connectivity index (χ0) is 12.7. The second-order valence-corrected chi connectivity index (χ2v) is 3.67. The zero-order valence-electron chi connectivity index (χ0n) is 9.97. The molecule has 0 heterocycles. The third-order valence-electron chi connectivity index (χ3n) is 2.19. The van der Waals surface area contributed by atoms with Crippen LogP contribution in [0.25, 0.3) is 0 Å². The first-order valence-electron chi connectivity index (χ1n) is 5.26. The highest BCUT2D eigenvalue weighted by Crippen LogP contribution is 1.98. The molecular weight excluding hydrogens is 220 g/mol. The molecule has 5 heteroatoms. The minimum atomic E-state index is -0.348. The van der Waals surface area contributed by atoms with Gasteiger partial charge in [-0.15, -0.1) is 0 Å². The minimum Gasteiger partial charge on any atom is -0.337 e. The maximum Gasteiger partial charge on any atom is 0.263 e. The van der Waals surface area contributed by atoms with E-state index in [0.717, 1.165) is 5.56 Å². The number of likely N-dealkylation sites (N-methyl/N-ethyl adjacent to an activating group) is 1. The number of hydrogen-bond donors (Lipinski definition) is 1. The molecule has 2 amide bonds. The third kappa shape index (κ3) is 5.12. The highest BCUT2D eigenvalue weighted by Gasteiger charge is 2.08. The molecule has 5 nitrogen and oxygen atoms in total. The van der Waals surface area contributed by atoms with Gasteiger partial charge in [-0.25, -0.2) is 5.48 Å². The van der Waals surface area contributed by atoms with Gasteiger partial charge in [-0.3, -0.25) is 14.4 Å². The van der Waals surface area contributed by atoms with Crippen LogP contribution in [0.4, 0.5) is 0 Å². The number of carbonyl (C=O) groups is 2. The first kappa shape index (κ1) is 13.2. The Hall–Kier alpha value is -1.88. The van der Waals surface area contributed by atoms with Crippen LogP contribution < -0.4 is 5.48 Å². The summed E-state index contributed by atoms with van der Waals surface area (Å²) < 4.78 is 0. The summed E-state index contributed by atoms with van der Waals surface area (Å²) in [6.45, 7) is 1.69. The number of rotatable bonds is 5. The summed E-state index contributed by atoms with van der Waals surface area (Å²) >= 11 is 0. The monoisotopic (exact) mass is 236 g/mol. The molecular formula is C12H16N2O3. The Labute approximate surface area is 100 Å². The largest absolute Gasteiger partial charge is 0.337 e. The smallest absolute Gasteiger partial charge is 0.263 e. The second-order valence-electron chi connectivity index (χ2n) is 3.67. The zero-order valence-corrected chi connectivity index (χ0v) is 9.97. The van der Waals surface area contributed by atoms with Gasteiger partial charge in [-0.1, -0.05) is 30.3 Å². The lowest BCUT2D eigenvalue weighted by atomic mass is 10.2. The Balaban J connectivity index is 2.23. The summed E-state index contributed by atoms with van der Waals surface area (Å²) in [6.07, 6.45) is 0. The molecule has 1 rings (SSSR count). The number of nitrogens with one attached hydrogen (secondary N) is 1. The van der Waals surface area contributed by atoms with Gasteiger partial charge >= 0.3 is 0 Å². The van der Waals surface area contributed by atoms with E-state index < -0.39 is 0 Å². The minimum absolute atomic E-state index is 0.00980. The Morgan fingerprint density at radius 2 is 1.94 bits per heavy atom. The molecule has 0 aliphatic heterocycles. The number of hydroxylamine groups is 1. The Morgan fingerprint density at radius 3 is 2.53 bits per heavy atom. The number of nitrogens with zero attached hydrogens (tertiary/aromatic N) is 1. The van der Waals surface area contributed by atoms with E-state index >= 15 is 0 Å². The average Bonchev–Trinajstić information content (AvgIpc) is 2.30. The normalized spacial score (nSPS) is 9.76. The van der Waals surface area contributed by atoms with Crippen molar-refractivity contribution < 1.29 is 14.4 Å². The molecule has 1 aromatic rings. The van der Waals surface area contributed by atoms with E-state index in [1.807, 2.05) is 30.3 Å². The van der Waals surface area contributed by atoms with Gasteiger partial charge in [-0.05, 0) is 5.56 Å². The first-order valence-corrected chi connectivity index (χ1v) is 5.26. The van der Waals surface area contributed by atoms with Crippen LogP contribution in [0.1, 0.15) is 12.5 Å². The summed E-state index contributed by atoms with van der Waals surface area (Å²) in [6, 6.07) is 9.49. The van der Waals surface area contributed by atoms with E-state index in [9.17, 15) is 9.59 Å². The SMILES string of the molecule is CC(=O)N(C)CC(=O)NOCc1ccccc1. The quantitative estimate of drug-likeness (QED) is 0.766. The maximum absolute atomic E-state index is 11.3. The molecule has 0 bridgehead atoms. The van der Waals surface area contributed by atoms with Crippen molar-refractivity contribution in [1.29, 1.82) is 0 Å². The summed E-state index contributed by atoms with van der Waals surface area (Å²) in [5, 5.41) is 0. The van der Waals surface area contributed by atoms with Crippen molar-refractivity contribution in [2.24, 2.45) is 0 Å². The fourth-order valence-corrected chi connectivity index (χ4v) is 1.13. The predicted octanol–water partition coefficient (Wildman–Crippen LogP) is 0.713. The van der Waals surface area contributed by atoms with Gasteiger partial charge in [0.1, 0.15) is 6.54 Å². The van der Waals surface area contributed by atoms with Gasteiger partial charge < -0.3 is 4.90 Å². The maximum atomic E-state index is 11.3. The van der Waals surface area contributed by atoms with Gasteiger partial charge in [-0.2, -0.15) is 0 Å². The summed E-state index contributed by atoms with van der Waals surface area (Å²) in [5.74, 6) is -0.512. The van der Waals surface area contributed by atoms with Crippen molar-refractivity contribution in [3.05, 3.63) is 35.9 Å². The van der Waals surface area contributed by atoms with Crippen LogP contribution in [-0.2, 0) is 21.0 Å². The Morgan fingerprint density at radius 1 is 1.29 bits per heavy atom. The summed E-state index contributed by atoms with van der Waals surface area (Å²) in [7, 11) is 1.55. The van der Waals surface area contributed by atoms with Crippen LogP contribution in [0.5, 0.6) is 0 Å². The number of amides is 2. The number of carbonyl (C=O) groups excluding carboxylic acids is 2. The van der Waals surface area contributed by atoms with E-state index in [2.05, 4.69) is 5.48 Å². The van der Waals surface area contributed by atoms with Crippen molar-refractivity contribution in [1.82, 2.24) is 10.4 Å². The van der Waals surface area contributed by atoms with Gasteiger partial charge in [0.25, 0.3) is 5.91 Å². The molecule has 0 saturated carbocycles. The molecule has 0 radical (unpaired) electrons. The molecule has 0 saturated heterocycles. The van der Waals surface area contributed by atoms with Crippen LogP contribution in [0.2, 0.25) is 0 Å². The fraction of sp³-hybridized carbons (Fsp3) is 0.333. The third-order valence-corrected chi connectivity index (χ3v) is 2.19. The van der Waals surface area contributed by atoms with E-state index in [1.54, 1.807) is 7.05 Å². The topological polar surface area (TPSA) is 58.6 Å². The van der Waals surface area contributed by atoms with E-state index in [1.165, 1.54) is 11.8 Å². The summed E-state index contributed by atoms with van der Waals surface area (Å²) in [5.41, 5.74) is 3.25. The van der Waals surface area contributed by atoms with Crippen molar-refractivity contribution >= 4 is 11.8 Å². The van der Waals surface area contributed by atoms with Crippen molar-refractivity contribution in [2.75, 3.05) is 13.6 Å². The van der Waals surface area contributed by atoms with Crippen molar-refractivity contribution in [3.8, 4) is 0 Å². The van der Waals surface area contributed by atoms with Crippen LogP contribution in [0.15, 0.2) is 30.3 Å². The standard InChI is InChI=1S/C12H16N2O3/c1-10(15)14(2)8-12(16)13-17-9-11-6-4-3-5-7-11/h3-7H,8-9H2,1-2H3,(H,13,16). The molecule has 0 aromatic heterocycles. The lowest BCUT2D eigenvalue weighted by Crippen LogP contribution is -2.37. The van der Waals surface area contributed by atoms with E-state index in [0.29, 0.717) is 6.61 Å². The molecule has 17 heavy (non-hydrogen) atoms. The molecule has 0 aliphatic rings. The number of hydrogen-bond acceptors (Lipinski definition) is 3.